The van der Waals surface area contributed by atoms with E-state index in [0.717, 1.165) is 22.0 Å². The predicted octanol–water partition coefficient (Wildman–Crippen LogP) is 7.08. The van der Waals surface area contributed by atoms with Gasteiger partial charge in [0.1, 0.15) is 0 Å². The van der Waals surface area contributed by atoms with Crippen molar-refractivity contribution in [1.82, 2.24) is 0 Å². The molecule has 0 spiro atoms. The maximum Gasteiger partial charge on any atom is 0.0714 e. The molecule has 0 unspecified atom stereocenters. The van der Waals surface area contributed by atoms with Crippen molar-refractivity contribution in [3.63, 3.8) is 0 Å². The van der Waals surface area contributed by atoms with Crippen LogP contribution < -0.4 is 0 Å². The first-order chi connectivity index (χ1) is 12.2. The van der Waals surface area contributed by atoms with Gasteiger partial charge in [0.2, 0.25) is 0 Å². The summed E-state index contributed by atoms with van der Waals surface area (Å²) in [4.78, 5) is 6.03. The van der Waals surface area contributed by atoms with Crippen molar-refractivity contribution in [3.05, 3.63) is 106 Å². The summed E-state index contributed by atoms with van der Waals surface area (Å²) in [5.41, 5.74) is 4.14. The minimum Gasteiger partial charge on any atom is -0.248 e. The molecule has 0 aliphatic rings. The van der Waals surface area contributed by atoms with Crippen molar-refractivity contribution in [2.75, 3.05) is 0 Å². The molecular formula is C22H18ClNS. The fourth-order valence-corrected chi connectivity index (χ4v) is 3.20. The van der Waals surface area contributed by atoms with Crippen LogP contribution >= 0.6 is 23.4 Å². The van der Waals surface area contributed by atoms with Crippen LogP contribution in [0.4, 0.5) is 5.69 Å². The van der Waals surface area contributed by atoms with Crippen molar-refractivity contribution in [2.45, 2.75) is 11.8 Å². The van der Waals surface area contributed by atoms with Crippen LogP contribution in [0.5, 0.6) is 0 Å². The van der Waals surface area contributed by atoms with Gasteiger partial charge < -0.3 is 0 Å². The van der Waals surface area contributed by atoms with E-state index in [1.54, 1.807) is 11.8 Å². The Hall–Kier alpha value is -2.29. The molecule has 3 heteroatoms. The van der Waals surface area contributed by atoms with E-state index in [1.807, 2.05) is 60.7 Å². The number of benzene rings is 3. The van der Waals surface area contributed by atoms with E-state index in [-0.39, 0.29) is 0 Å². The van der Waals surface area contributed by atoms with Crippen molar-refractivity contribution in [1.29, 1.82) is 0 Å². The predicted molar refractivity (Wildman–Crippen MR) is 110 cm³/mol. The third-order valence-corrected chi connectivity index (χ3v) is 4.90. The van der Waals surface area contributed by atoms with Gasteiger partial charge in [-0.2, -0.15) is 0 Å². The molecule has 124 valence electrons. The second-order valence-corrected chi connectivity index (χ2v) is 6.91. The Morgan fingerprint density at radius 3 is 2.28 bits per heavy atom. The van der Waals surface area contributed by atoms with Crippen LogP contribution in [0.25, 0.3) is 0 Å². The zero-order chi connectivity index (χ0) is 17.5. The zero-order valence-electron chi connectivity index (χ0n) is 13.9. The summed E-state index contributed by atoms with van der Waals surface area (Å²) in [5.74, 6) is 0. The SMILES string of the molecule is Cc1ccccc1SC=CC(=Nc1ccccc1)c1ccc(Cl)cc1. The van der Waals surface area contributed by atoms with Gasteiger partial charge >= 0.3 is 0 Å². The highest BCUT2D eigenvalue weighted by Crippen LogP contribution is 2.24. The fourth-order valence-electron chi connectivity index (χ4n) is 2.32. The number of hydrogen-bond donors (Lipinski definition) is 0. The highest BCUT2D eigenvalue weighted by molar-refractivity contribution is 8.02. The van der Waals surface area contributed by atoms with Crippen molar-refractivity contribution >= 4 is 34.8 Å². The summed E-state index contributed by atoms with van der Waals surface area (Å²) < 4.78 is 0. The molecule has 3 rings (SSSR count). The van der Waals surface area contributed by atoms with Crippen LogP contribution in [0, 0.1) is 6.92 Å². The molecule has 0 fully saturated rings. The first kappa shape index (κ1) is 17.5. The first-order valence-corrected chi connectivity index (χ1v) is 9.27. The molecule has 0 saturated carbocycles. The Morgan fingerprint density at radius 2 is 1.56 bits per heavy atom. The Labute approximate surface area is 158 Å². The molecule has 0 radical (unpaired) electrons. The second-order valence-electron chi connectivity index (χ2n) is 5.53. The van der Waals surface area contributed by atoms with E-state index in [0.29, 0.717) is 0 Å². The Bertz CT molecular complexity index is 883. The molecule has 0 atom stereocenters. The lowest BCUT2D eigenvalue weighted by atomic mass is 10.1. The molecule has 0 bridgehead atoms. The summed E-state index contributed by atoms with van der Waals surface area (Å²) in [5, 5.41) is 2.81. The number of rotatable bonds is 5. The summed E-state index contributed by atoms with van der Waals surface area (Å²) in [7, 11) is 0. The average molecular weight is 364 g/mol. The van der Waals surface area contributed by atoms with Gasteiger partial charge in [-0.05, 0) is 54.3 Å². The monoisotopic (exact) mass is 363 g/mol. The standard InChI is InChI=1S/C22H18ClNS/c1-17-7-5-6-10-22(17)25-16-15-21(18-11-13-19(23)14-12-18)24-20-8-3-2-4-9-20/h2-16H,1H3. The molecule has 3 aromatic carbocycles. The van der Waals surface area contributed by atoms with Crippen molar-refractivity contribution in [3.8, 4) is 0 Å². The number of nitrogens with zero attached hydrogens (tertiary/aromatic N) is 1. The maximum atomic E-state index is 6.02. The van der Waals surface area contributed by atoms with E-state index in [1.165, 1.54) is 10.5 Å². The molecule has 25 heavy (non-hydrogen) atoms. The number of aliphatic imine (C=N–C) groups is 1. The Kier molecular flexibility index (Phi) is 6.10. The number of aryl methyl sites for hydroxylation is 1. The number of thioether (sulfide) groups is 1. The summed E-state index contributed by atoms with van der Waals surface area (Å²) >= 11 is 7.71. The maximum absolute atomic E-state index is 6.02. The van der Waals surface area contributed by atoms with E-state index < -0.39 is 0 Å². The van der Waals surface area contributed by atoms with Gasteiger partial charge in [0.15, 0.2) is 0 Å². The van der Waals surface area contributed by atoms with Gasteiger partial charge in [-0.25, -0.2) is 4.99 Å². The number of halogens is 1. The van der Waals surface area contributed by atoms with Gasteiger partial charge in [0, 0.05) is 15.5 Å². The van der Waals surface area contributed by atoms with E-state index >= 15 is 0 Å². The molecule has 0 aliphatic heterocycles. The number of hydrogen-bond acceptors (Lipinski definition) is 2. The molecule has 0 saturated heterocycles. The van der Waals surface area contributed by atoms with Gasteiger partial charge in [-0.1, -0.05) is 71.9 Å². The molecule has 0 N–H and O–H groups in total. The van der Waals surface area contributed by atoms with E-state index in [9.17, 15) is 0 Å². The summed E-state index contributed by atoms with van der Waals surface area (Å²) in [6, 6.07) is 26.1. The third kappa shape index (κ3) is 5.09. The van der Waals surface area contributed by atoms with Crippen LogP contribution in [-0.4, -0.2) is 5.71 Å². The summed E-state index contributed by atoms with van der Waals surface area (Å²) in [6.07, 6.45) is 2.05. The van der Waals surface area contributed by atoms with Crippen LogP contribution in [0.1, 0.15) is 11.1 Å². The fraction of sp³-hybridized carbons (Fsp3) is 0.0455. The molecule has 0 heterocycles. The lowest BCUT2D eigenvalue weighted by Crippen LogP contribution is -1.95. The first-order valence-electron chi connectivity index (χ1n) is 8.01. The smallest absolute Gasteiger partial charge is 0.0714 e. The molecule has 1 nitrogen and oxygen atoms in total. The van der Waals surface area contributed by atoms with Crippen molar-refractivity contribution < 1.29 is 0 Å². The van der Waals surface area contributed by atoms with E-state index in [2.05, 4.69) is 36.6 Å². The largest absolute Gasteiger partial charge is 0.248 e. The lowest BCUT2D eigenvalue weighted by molar-refractivity contribution is 1.31. The third-order valence-electron chi connectivity index (χ3n) is 3.66. The van der Waals surface area contributed by atoms with Gasteiger partial charge in [0.25, 0.3) is 0 Å². The van der Waals surface area contributed by atoms with Crippen LogP contribution in [0.15, 0.2) is 100 Å². The van der Waals surface area contributed by atoms with E-state index in [4.69, 9.17) is 16.6 Å². The van der Waals surface area contributed by atoms with Gasteiger partial charge in [-0.15, -0.1) is 0 Å². The highest BCUT2D eigenvalue weighted by atomic mass is 35.5. The summed E-state index contributed by atoms with van der Waals surface area (Å²) in [6.45, 7) is 2.12. The van der Waals surface area contributed by atoms with Crippen LogP contribution in [-0.2, 0) is 0 Å². The van der Waals surface area contributed by atoms with Crippen LogP contribution in [0.3, 0.4) is 0 Å². The molecule has 0 aromatic heterocycles. The number of allylic oxidation sites excluding steroid dienone is 1. The topological polar surface area (TPSA) is 12.4 Å². The second kappa shape index (κ2) is 8.70. The highest BCUT2D eigenvalue weighted by Gasteiger charge is 2.02. The average Bonchev–Trinajstić information content (AvgIpc) is 2.64. The van der Waals surface area contributed by atoms with Gasteiger partial charge in [0.05, 0.1) is 11.4 Å². The molecule has 3 aromatic rings. The quantitative estimate of drug-likeness (QED) is 0.348. The Balaban J connectivity index is 1.88. The Morgan fingerprint density at radius 1 is 0.880 bits per heavy atom. The minimum atomic E-state index is 0.723. The molecular weight excluding hydrogens is 346 g/mol. The lowest BCUT2D eigenvalue weighted by Gasteiger charge is -2.04. The van der Waals surface area contributed by atoms with Crippen molar-refractivity contribution in [2.24, 2.45) is 4.99 Å². The normalized spacial score (nSPS) is 11.8. The molecule has 0 amide bonds. The minimum absolute atomic E-state index is 0.723. The molecule has 0 aliphatic carbocycles. The van der Waals surface area contributed by atoms with Gasteiger partial charge in [-0.3, -0.25) is 0 Å². The van der Waals surface area contributed by atoms with Crippen LogP contribution in [0.2, 0.25) is 5.02 Å². The number of para-hydroxylation sites is 1. The zero-order valence-corrected chi connectivity index (χ0v) is 15.5.